The first kappa shape index (κ1) is 45.9. The number of carbonyl (C=O) groups excluding carboxylic acids is 7. The van der Waals surface area contributed by atoms with Crippen LogP contribution >= 0.6 is 23.5 Å². The highest BCUT2D eigenvalue weighted by atomic mass is 32.2. The standard InChI is InChI=1S/C40H60N6O9S2/c1-5-13-29(34(49)36(51)41-23-31(48)43-32(27-14-8-6-9-15-27)37(52)45(4)18-19-47)42-35(50)30-22-40(56-20-12-21-57-40)25-46(30)38(53)33(28-16-10-7-11-17-28)44-39(54)55-24-26(2)3/h6,8-9,14-15,26,28-30,32-33,47H,5,7,10-13,16-25H2,1-4H3,(H,41,51)(H,42,50)(H,43,48)(H,44,54). The Morgan fingerprint density at radius 3 is 2.28 bits per heavy atom. The van der Waals surface area contributed by atoms with E-state index in [2.05, 4.69) is 21.3 Å². The van der Waals surface area contributed by atoms with E-state index in [-0.39, 0.29) is 50.5 Å². The summed E-state index contributed by atoms with van der Waals surface area (Å²) in [5.74, 6) is -2.42. The predicted octanol–water partition coefficient (Wildman–Crippen LogP) is 2.76. The van der Waals surface area contributed by atoms with Gasteiger partial charge in [0, 0.05) is 26.6 Å². The van der Waals surface area contributed by atoms with Gasteiger partial charge in [0.25, 0.3) is 5.91 Å². The zero-order chi connectivity index (χ0) is 41.5. The number of hydrogen-bond donors (Lipinski definition) is 5. The molecule has 15 nitrogen and oxygen atoms in total. The number of carbonyl (C=O) groups is 7. The van der Waals surface area contributed by atoms with Gasteiger partial charge in [0.15, 0.2) is 0 Å². The molecule has 5 N–H and O–H groups in total. The van der Waals surface area contributed by atoms with Crippen molar-refractivity contribution in [3.05, 3.63) is 35.9 Å². The maximum atomic E-state index is 14.6. The Morgan fingerprint density at radius 2 is 1.65 bits per heavy atom. The van der Waals surface area contributed by atoms with Crippen LogP contribution in [-0.4, -0.2) is 130 Å². The lowest BCUT2D eigenvalue weighted by atomic mass is 9.83. The van der Waals surface area contributed by atoms with Gasteiger partial charge in [-0.2, -0.15) is 0 Å². The summed E-state index contributed by atoms with van der Waals surface area (Å²) in [5, 5.41) is 19.9. The van der Waals surface area contributed by atoms with Gasteiger partial charge >= 0.3 is 6.09 Å². The first-order chi connectivity index (χ1) is 27.3. The van der Waals surface area contributed by atoms with Gasteiger partial charge < -0.3 is 40.9 Å². The van der Waals surface area contributed by atoms with Crippen LogP contribution in [0.15, 0.2) is 30.3 Å². The minimum absolute atomic E-state index is 0.0459. The second kappa shape index (κ2) is 22.4. The third kappa shape index (κ3) is 13.1. The number of thioether (sulfide) groups is 2. The van der Waals surface area contributed by atoms with Crippen LogP contribution in [0.3, 0.4) is 0 Å². The number of alkyl carbamates (subject to hydrolysis) is 1. The highest BCUT2D eigenvalue weighted by molar-refractivity contribution is 8.18. The number of aliphatic hydroxyl groups excluding tert-OH is 1. The molecule has 0 radical (unpaired) electrons. The highest BCUT2D eigenvalue weighted by Gasteiger charge is 2.52. The summed E-state index contributed by atoms with van der Waals surface area (Å²) in [6, 6.07) is 4.34. The molecule has 57 heavy (non-hydrogen) atoms. The molecule has 17 heteroatoms. The molecule has 3 fully saturated rings. The number of hydrogen-bond acceptors (Lipinski definition) is 11. The average Bonchev–Trinajstić information content (AvgIpc) is 3.58. The van der Waals surface area contributed by atoms with Gasteiger partial charge in [0.1, 0.15) is 18.1 Å². The first-order valence-corrected chi connectivity index (χ1v) is 22.1. The van der Waals surface area contributed by atoms with Crippen molar-refractivity contribution in [3.63, 3.8) is 0 Å². The van der Waals surface area contributed by atoms with Crippen molar-refractivity contribution in [2.24, 2.45) is 11.8 Å². The van der Waals surface area contributed by atoms with E-state index in [1.54, 1.807) is 65.7 Å². The molecule has 2 aliphatic heterocycles. The van der Waals surface area contributed by atoms with Crippen molar-refractivity contribution in [2.45, 2.75) is 107 Å². The molecule has 6 amide bonds. The van der Waals surface area contributed by atoms with Gasteiger partial charge in [-0.15, -0.1) is 23.5 Å². The summed E-state index contributed by atoms with van der Waals surface area (Å²) in [4.78, 5) is 97.6. The van der Waals surface area contributed by atoms with E-state index in [9.17, 15) is 38.7 Å². The SMILES string of the molecule is CCCC(NC(=O)C1CC2(CN1C(=O)C(NC(=O)OCC(C)C)C1CCCCC1)SCCCS2)C(=O)C(=O)NCC(=O)NC(C(=O)N(C)CCO)c1ccccc1. The van der Waals surface area contributed by atoms with Crippen LogP contribution in [0.25, 0.3) is 0 Å². The molecule has 0 bridgehead atoms. The van der Waals surface area contributed by atoms with E-state index in [0.717, 1.165) is 50.0 Å². The van der Waals surface area contributed by atoms with Gasteiger partial charge in [-0.3, -0.25) is 28.8 Å². The van der Waals surface area contributed by atoms with Crippen molar-refractivity contribution < 1.29 is 43.4 Å². The molecule has 2 saturated heterocycles. The highest BCUT2D eigenvalue weighted by Crippen LogP contribution is 2.50. The van der Waals surface area contributed by atoms with Crippen molar-refractivity contribution in [1.82, 2.24) is 31.1 Å². The largest absolute Gasteiger partial charge is 0.449 e. The fourth-order valence-electron chi connectivity index (χ4n) is 7.43. The number of nitrogens with zero attached hydrogens (tertiary/aromatic N) is 2. The second-order valence-corrected chi connectivity index (χ2v) is 18.7. The smallest absolute Gasteiger partial charge is 0.407 e. The molecular weight excluding hydrogens is 773 g/mol. The number of benzene rings is 1. The zero-order valence-corrected chi connectivity index (χ0v) is 35.2. The quantitative estimate of drug-likeness (QED) is 0.136. The summed E-state index contributed by atoms with van der Waals surface area (Å²) in [7, 11) is 1.49. The molecule has 4 rings (SSSR count). The van der Waals surface area contributed by atoms with E-state index < -0.39 is 70.3 Å². The summed E-state index contributed by atoms with van der Waals surface area (Å²) in [6.07, 6.45) is 5.65. The third-order valence-electron chi connectivity index (χ3n) is 10.4. The summed E-state index contributed by atoms with van der Waals surface area (Å²) >= 11 is 3.44. The fourth-order valence-corrected chi connectivity index (χ4v) is 10.8. The Kier molecular flexibility index (Phi) is 18.0. The zero-order valence-electron chi connectivity index (χ0n) is 33.6. The van der Waals surface area contributed by atoms with Gasteiger partial charge in [-0.05, 0) is 54.6 Å². The predicted molar refractivity (Wildman–Crippen MR) is 219 cm³/mol. The maximum Gasteiger partial charge on any atom is 0.407 e. The molecule has 4 atom stereocenters. The fraction of sp³-hybridized carbons (Fsp3) is 0.675. The van der Waals surface area contributed by atoms with Crippen molar-refractivity contribution in [1.29, 1.82) is 0 Å². The van der Waals surface area contributed by atoms with Gasteiger partial charge in [-0.25, -0.2) is 4.79 Å². The van der Waals surface area contributed by atoms with E-state index in [1.807, 2.05) is 13.8 Å². The van der Waals surface area contributed by atoms with E-state index in [0.29, 0.717) is 18.4 Å². The molecule has 3 aliphatic rings. The molecule has 0 aromatic heterocycles. The van der Waals surface area contributed by atoms with Crippen molar-refractivity contribution in [3.8, 4) is 0 Å². The molecule has 4 unspecified atom stereocenters. The minimum atomic E-state index is -1.23. The van der Waals surface area contributed by atoms with Crippen LogP contribution in [0.1, 0.15) is 90.2 Å². The van der Waals surface area contributed by atoms with Crippen LogP contribution in [0.5, 0.6) is 0 Å². The lowest BCUT2D eigenvalue weighted by Crippen LogP contribution is -2.58. The molecular formula is C40H60N6O9S2. The molecule has 1 aliphatic carbocycles. The Bertz CT molecular complexity index is 1550. The normalized spacial score (nSPS) is 19.5. The topological polar surface area (TPSA) is 204 Å². The number of ketones is 1. The van der Waals surface area contributed by atoms with Crippen molar-refractivity contribution in [2.75, 3.05) is 51.4 Å². The monoisotopic (exact) mass is 832 g/mol. The van der Waals surface area contributed by atoms with Crippen LogP contribution in [0, 0.1) is 11.8 Å². The molecule has 1 aromatic carbocycles. The Balaban J connectivity index is 1.47. The summed E-state index contributed by atoms with van der Waals surface area (Å²) < 4.78 is 4.98. The molecule has 1 aromatic rings. The van der Waals surface area contributed by atoms with Gasteiger partial charge in [0.2, 0.25) is 29.4 Å². The van der Waals surface area contributed by atoms with E-state index in [4.69, 9.17) is 4.74 Å². The van der Waals surface area contributed by atoms with Crippen LogP contribution in [-0.2, 0) is 33.5 Å². The van der Waals surface area contributed by atoms with Crippen LogP contribution in [0.4, 0.5) is 4.79 Å². The Labute approximate surface area is 344 Å². The number of rotatable bonds is 18. The average molecular weight is 833 g/mol. The number of likely N-dealkylation sites (N-methyl/N-ethyl adjacent to an activating group) is 1. The molecule has 316 valence electrons. The molecule has 1 saturated carbocycles. The van der Waals surface area contributed by atoms with Crippen LogP contribution in [0.2, 0.25) is 0 Å². The number of Topliss-reactive ketones (excluding diaryl/α,β-unsaturated/α-hetero) is 1. The third-order valence-corrected chi connectivity index (χ3v) is 13.8. The number of aliphatic hydroxyl groups is 1. The Morgan fingerprint density at radius 1 is 0.965 bits per heavy atom. The lowest BCUT2D eigenvalue weighted by molar-refractivity contribution is -0.143. The maximum absolute atomic E-state index is 14.6. The van der Waals surface area contributed by atoms with Gasteiger partial charge in [0.05, 0.1) is 29.9 Å². The summed E-state index contributed by atoms with van der Waals surface area (Å²) in [6.45, 7) is 5.30. The van der Waals surface area contributed by atoms with Gasteiger partial charge in [-0.1, -0.05) is 76.8 Å². The lowest BCUT2D eigenvalue weighted by Gasteiger charge is -2.35. The second-order valence-electron chi connectivity index (χ2n) is 15.5. The summed E-state index contributed by atoms with van der Waals surface area (Å²) in [5.41, 5.74) is 0.493. The first-order valence-electron chi connectivity index (χ1n) is 20.1. The van der Waals surface area contributed by atoms with Crippen molar-refractivity contribution >= 4 is 64.9 Å². The van der Waals surface area contributed by atoms with E-state index >= 15 is 0 Å². The molecule has 1 spiro atoms. The number of nitrogens with one attached hydrogen (secondary N) is 4. The van der Waals surface area contributed by atoms with E-state index in [1.165, 1.54) is 11.9 Å². The molecule has 2 heterocycles. The number of ether oxygens (including phenoxy) is 1. The van der Waals surface area contributed by atoms with Crippen LogP contribution < -0.4 is 21.3 Å². The number of amides is 6. The minimum Gasteiger partial charge on any atom is -0.449 e. The number of likely N-dealkylation sites (tertiary alicyclic amines) is 1. The Hall–Kier alpha value is -3.83.